The number of fused-ring (bicyclic) bond motifs is 2. The molecule has 1 aliphatic carbocycles. The topological polar surface area (TPSA) is 211 Å². The summed E-state index contributed by atoms with van der Waals surface area (Å²) in [5.74, 6) is -2.68. The van der Waals surface area contributed by atoms with Gasteiger partial charge in [0.25, 0.3) is 0 Å². The molecule has 180 valence electrons. The van der Waals surface area contributed by atoms with E-state index in [0.29, 0.717) is 36.2 Å². The molecule has 1 fully saturated rings. The number of carbonyl (C=O) groups is 3. The Hall–Kier alpha value is -4.03. The number of amides is 1. The van der Waals surface area contributed by atoms with Crippen molar-refractivity contribution in [2.45, 2.75) is 50.7 Å². The molecule has 4 rings (SSSR count). The molecule has 1 saturated carbocycles. The van der Waals surface area contributed by atoms with E-state index in [1.807, 2.05) is 6.20 Å². The van der Waals surface area contributed by atoms with Crippen LogP contribution < -0.4 is 16.8 Å². The van der Waals surface area contributed by atoms with E-state index in [0.717, 1.165) is 6.42 Å². The van der Waals surface area contributed by atoms with E-state index < -0.39 is 18.0 Å². The van der Waals surface area contributed by atoms with Crippen molar-refractivity contribution in [2.75, 3.05) is 11.5 Å². The highest BCUT2D eigenvalue weighted by molar-refractivity contribution is 5.85. The average molecular weight is 470 g/mol. The Morgan fingerprint density at radius 1 is 1.18 bits per heavy atom. The minimum absolute atomic E-state index is 0.0368. The molecule has 0 spiro atoms. The lowest BCUT2D eigenvalue weighted by Gasteiger charge is -2.36. The number of nitrogens with zero attached hydrogens (tertiary/aromatic N) is 5. The number of rotatable bonds is 8. The lowest BCUT2D eigenvalue weighted by Crippen LogP contribution is -2.46. The molecule has 7 N–H and O–H groups in total. The average Bonchev–Trinajstić information content (AvgIpc) is 3.18. The van der Waals surface area contributed by atoms with Gasteiger partial charge in [-0.1, -0.05) is 6.08 Å². The maximum absolute atomic E-state index is 12.7. The number of hydrogen-bond donors (Lipinski definition) is 5. The van der Waals surface area contributed by atoms with Gasteiger partial charge in [-0.3, -0.25) is 9.59 Å². The summed E-state index contributed by atoms with van der Waals surface area (Å²) < 4.78 is 0. The van der Waals surface area contributed by atoms with Gasteiger partial charge in [0.05, 0.1) is 18.4 Å². The second kappa shape index (κ2) is 9.45. The van der Waals surface area contributed by atoms with Crippen molar-refractivity contribution in [1.29, 1.82) is 0 Å². The minimum atomic E-state index is -1.24. The molecule has 2 aliphatic rings. The van der Waals surface area contributed by atoms with E-state index in [1.54, 1.807) is 6.20 Å². The third-order valence-electron chi connectivity index (χ3n) is 6.29. The number of carboxylic acids is 2. The van der Waals surface area contributed by atoms with Crippen molar-refractivity contribution in [3.05, 3.63) is 24.2 Å². The fraction of sp³-hybridized carbons (Fsp3) is 0.476. The number of nitrogens with two attached hydrogens (primary N) is 2. The number of aromatic nitrogens is 4. The molecule has 4 atom stereocenters. The van der Waals surface area contributed by atoms with Crippen LogP contribution in [0.4, 0.5) is 11.8 Å². The zero-order valence-corrected chi connectivity index (χ0v) is 18.3. The van der Waals surface area contributed by atoms with Crippen LogP contribution in [0.2, 0.25) is 0 Å². The van der Waals surface area contributed by atoms with Gasteiger partial charge in [-0.2, -0.15) is 9.97 Å². The lowest BCUT2D eigenvalue weighted by molar-refractivity contribution is -0.144. The summed E-state index contributed by atoms with van der Waals surface area (Å²) in [7, 11) is 0. The van der Waals surface area contributed by atoms with Gasteiger partial charge in [0, 0.05) is 18.4 Å². The van der Waals surface area contributed by atoms with Gasteiger partial charge in [0.2, 0.25) is 11.9 Å². The highest BCUT2D eigenvalue weighted by Crippen LogP contribution is 2.38. The van der Waals surface area contributed by atoms with Gasteiger partial charge in [-0.05, 0) is 37.8 Å². The Morgan fingerprint density at radius 2 is 1.97 bits per heavy atom. The van der Waals surface area contributed by atoms with E-state index in [-0.39, 0.29) is 48.4 Å². The van der Waals surface area contributed by atoms with E-state index >= 15 is 0 Å². The SMILES string of the molecule is Nc1nc(N)c2nc(CN3C=CC4CC(C(=O)NC(CCC(=O)O)C(=O)O)CCC43)cnc2n1. The molecule has 13 heteroatoms. The van der Waals surface area contributed by atoms with Crippen LogP contribution in [0.5, 0.6) is 0 Å². The Bertz CT molecular complexity index is 1160. The minimum Gasteiger partial charge on any atom is -0.481 e. The first-order chi connectivity index (χ1) is 16.2. The summed E-state index contributed by atoms with van der Waals surface area (Å²) in [5, 5.41) is 20.6. The molecular formula is C21H26N8O5. The van der Waals surface area contributed by atoms with Gasteiger partial charge in [-0.25, -0.2) is 14.8 Å². The van der Waals surface area contributed by atoms with Crippen LogP contribution in [-0.2, 0) is 20.9 Å². The molecule has 13 nitrogen and oxygen atoms in total. The number of carbonyl (C=O) groups excluding carboxylic acids is 1. The normalized spacial score (nSPS) is 22.4. The summed E-state index contributed by atoms with van der Waals surface area (Å²) in [4.78, 5) is 53.8. The number of aliphatic carboxylic acids is 2. The Balaban J connectivity index is 1.36. The molecule has 34 heavy (non-hydrogen) atoms. The Kier molecular flexibility index (Phi) is 6.43. The largest absolute Gasteiger partial charge is 0.481 e. The molecule has 1 aliphatic heterocycles. The van der Waals surface area contributed by atoms with Gasteiger partial charge in [-0.15, -0.1) is 0 Å². The van der Waals surface area contributed by atoms with E-state index in [2.05, 4.69) is 36.2 Å². The van der Waals surface area contributed by atoms with Crippen LogP contribution in [0, 0.1) is 11.8 Å². The maximum Gasteiger partial charge on any atom is 0.326 e. The number of nitrogen functional groups attached to an aromatic ring is 2. The number of hydrogen-bond acceptors (Lipinski definition) is 10. The predicted molar refractivity (Wildman–Crippen MR) is 120 cm³/mol. The molecule has 0 saturated heterocycles. The summed E-state index contributed by atoms with van der Waals surface area (Å²) in [6.45, 7) is 0.498. The molecule has 2 aromatic heterocycles. The monoisotopic (exact) mass is 470 g/mol. The van der Waals surface area contributed by atoms with E-state index in [9.17, 15) is 19.5 Å². The molecule has 2 aromatic rings. The van der Waals surface area contributed by atoms with Crippen LogP contribution in [0.25, 0.3) is 11.2 Å². The molecule has 0 radical (unpaired) electrons. The van der Waals surface area contributed by atoms with Crippen molar-refractivity contribution in [3.63, 3.8) is 0 Å². The zero-order chi connectivity index (χ0) is 24.4. The summed E-state index contributed by atoms with van der Waals surface area (Å²) in [6, 6.07) is -1.03. The fourth-order valence-corrected chi connectivity index (χ4v) is 4.61. The number of carboxylic acid groups (broad SMARTS) is 2. The molecular weight excluding hydrogens is 444 g/mol. The van der Waals surface area contributed by atoms with Crippen molar-refractivity contribution >= 4 is 40.8 Å². The molecule has 3 heterocycles. The van der Waals surface area contributed by atoms with Crippen LogP contribution in [0.3, 0.4) is 0 Å². The fourth-order valence-electron chi connectivity index (χ4n) is 4.61. The smallest absolute Gasteiger partial charge is 0.326 e. The molecule has 1 amide bonds. The zero-order valence-electron chi connectivity index (χ0n) is 18.3. The van der Waals surface area contributed by atoms with Crippen molar-refractivity contribution in [3.8, 4) is 0 Å². The van der Waals surface area contributed by atoms with E-state index in [1.165, 1.54) is 0 Å². The summed E-state index contributed by atoms with van der Waals surface area (Å²) in [5.41, 5.74) is 12.9. The lowest BCUT2D eigenvalue weighted by atomic mass is 9.78. The number of nitrogens with one attached hydrogen (secondary N) is 1. The molecule has 4 unspecified atom stereocenters. The standard InChI is InChI=1S/C21H26N8O5/c22-17-16-18(28-21(23)27-17)24-8-12(25-16)9-29-6-5-10-7-11(1-3-14(10)29)19(32)26-13(20(33)34)2-4-15(30)31/h5-6,8,10-11,13-14H,1-4,7,9H2,(H,26,32)(H,30,31)(H,33,34)(H4,22,23,24,27,28). The summed E-state index contributed by atoms with van der Waals surface area (Å²) >= 11 is 0. The highest BCUT2D eigenvalue weighted by Gasteiger charge is 2.38. The quantitative estimate of drug-likeness (QED) is 0.348. The third kappa shape index (κ3) is 4.97. The highest BCUT2D eigenvalue weighted by atomic mass is 16.4. The van der Waals surface area contributed by atoms with E-state index in [4.69, 9.17) is 16.6 Å². The van der Waals surface area contributed by atoms with Crippen molar-refractivity contribution < 1.29 is 24.6 Å². The summed E-state index contributed by atoms with van der Waals surface area (Å²) in [6.07, 6.45) is 7.10. The van der Waals surface area contributed by atoms with Crippen LogP contribution in [0.15, 0.2) is 18.5 Å². The van der Waals surface area contributed by atoms with Gasteiger partial charge >= 0.3 is 11.9 Å². The second-order valence-electron chi connectivity index (χ2n) is 8.59. The third-order valence-corrected chi connectivity index (χ3v) is 6.29. The Morgan fingerprint density at radius 3 is 2.71 bits per heavy atom. The first kappa shape index (κ1) is 23.1. The van der Waals surface area contributed by atoms with Crippen molar-refractivity contribution in [1.82, 2.24) is 30.2 Å². The maximum atomic E-state index is 12.7. The van der Waals surface area contributed by atoms with Gasteiger partial charge in [0.1, 0.15) is 6.04 Å². The Labute approximate surface area is 194 Å². The van der Waals surface area contributed by atoms with Gasteiger partial charge in [0.15, 0.2) is 17.0 Å². The van der Waals surface area contributed by atoms with Crippen molar-refractivity contribution in [2.24, 2.45) is 11.8 Å². The molecule has 0 aromatic carbocycles. The molecule has 0 bridgehead atoms. The number of anilines is 2. The van der Waals surface area contributed by atoms with Crippen LogP contribution in [0.1, 0.15) is 37.8 Å². The predicted octanol–water partition coefficient (Wildman–Crippen LogP) is 0.133. The van der Waals surface area contributed by atoms with Crippen LogP contribution in [-0.4, -0.2) is 65.0 Å². The first-order valence-electron chi connectivity index (χ1n) is 10.9. The first-order valence-corrected chi connectivity index (χ1v) is 10.9. The van der Waals surface area contributed by atoms with Crippen LogP contribution >= 0.6 is 0 Å². The second-order valence-corrected chi connectivity index (χ2v) is 8.59. The van der Waals surface area contributed by atoms with Gasteiger partial charge < -0.3 is 31.9 Å².